The molecule has 0 aromatic carbocycles. The van der Waals surface area contributed by atoms with Gasteiger partial charge in [0.1, 0.15) is 6.07 Å². The SMILES string of the molecule is CC1(c2sc(-c3cncc(C#N)c3)cc2Cl)CC2(CS(=O)(=O)C2)SC(N)=N1. The van der Waals surface area contributed by atoms with Gasteiger partial charge in [-0.1, -0.05) is 23.4 Å². The van der Waals surface area contributed by atoms with Gasteiger partial charge >= 0.3 is 0 Å². The number of hydrogen-bond acceptors (Lipinski definition) is 8. The maximum Gasteiger partial charge on any atom is 0.155 e. The van der Waals surface area contributed by atoms with Gasteiger partial charge in [0.2, 0.25) is 0 Å². The number of nitriles is 1. The second-order valence-corrected chi connectivity index (χ2v) is 12.1. The number of halogens is 1. The van der Waals surface area contributed by atoms with E-state index < -0.39 is 20.1 Å². The Morgan fingerprint density at radius 1 is 1.33 bits per heavy atom. The zero-order chi connectivity index (χ0) is 19.4. The number of hydrogen-bond donors (Lipinski definition) is 1. The van der Waals surface area contributed by atoms with Gasteiger partial charge in [-0.25, -0.2) is 8.42 Å². The summed E-state index contributed by atoms with van der Waals surface area (Å²) >= 11 is 9.36. The van der Waals surface area contributed by atoms with E-state index in [-0.39, 0.29) is 11.5 Å². The zero-order valence-electron chi connectivity index (χ0n) is 14.3. The Labute approximate surface area is 170 Å². The second-order valence-electron chi connectivity index (χ2n) is 7.08. The Hall–Kier alpha value is -1.60. The van der Waals surface area contributed by atoms with Crippen molar-refractivity contribution in [1.29, 1.82) is 5.26 Å². The minimum absolute atomic E-state index is 0.112. The molecule has 1 saturated heterocycles. The third kappa shape index (κ3) is 3.36. The fourth-order valence-corrected chi connectivity index (χ4v) is 9.69. The first-order valence-corrected chi connectivity index (χ1v) is 11.9. The minimum atomic E-state index is -3.00. The molecule has 0 saturated carbocycles. The number of sulfone groups is 1. The molecule has 2 N–H and O–H groups in total. The molecule has 1 fully saturated rings. The lowest BCUT2D eigenvalue weighted by Crippen LogP contribution is -2.58. The quantitative estimate of drug-likeness (QED) is 0.771. The van der Waals surface area contributed by atoms with Crippen molar-refractivity contribution in [2.45, 2.75) is 23.6 Å². The molecule has 140 valence electrons. The van der Waals surface area contributed by atoms with E-state index in [2.05, 4.69) is 16.0 Å². The van der Waals surface area contributed by atoms with Gasteiger partial charge in [0.15, 0.2) is 15.0 Å². The molecule has 0 amide bonds. The van der Waals surface area contributed by atoms with Gasteiger partial charge in [0, 0.05) is 22.8 Å². The van der Waals surface area contributed by atoms with Crippen LogP contribution in [0.25, 0.3) is 10.4 Å². The van der Waals surface area contributed by atoms with Crippen molar-refractivity contribution in [2.75, 3.05) is 11.5 Å². The molecule has 4 heterocycles. The number of rotatable bonds is 2. The number of pyridine rings is 1. The number of nitrogens with two attached hydrogens (primary N) is 1. The van der Waals surface area contributed by atoms with E-state index in [9.17, 15) is 8.42 Å². The summed E-state index contributed by atoms with van der Waals surface area (Å²) in [4.78, 5) is 10.4. The van der Waals surface area contributed by atoms with Crippen LogP contribution in [-0.2, 0) is 15.4 Å². The van der Waals surface area contributed by atoms with Gasteiger partial charge in [-0.15, -0.1) is 11.3 Å². The monoisotopic (exact) mass is 438 g/mol. The van der Waals surface area contributed by atoms with E-state index in [4.69, 9.17) is 22.6 Å². The molecular formula is C17H15ClN4O2S3. The summed E-state index contributed by atoms with van der Waals surface area (Å²) in [6, 6.07) is 5.68. The topological polar surface area (TPSA) is 109 Å². The molecular weight excluding hydrogens is 424 g/mol. The highest BCUT2D eigenvalue weighted by molar-refractivity contribution is 8.17. The van der Waals surface area contributed by atoms with Gasteiger partial charge in [-0.2, -0.15) is 5.26 Å². The van der Waals surface area contributed by atoms with E-state index in [0.29, 0.717) is 22.2 Å². The van der Waals surface area contributed by atoms with Crippen LogP contribution in [0.5, 0.6) is 0 Å². The summed E-state index contributed by atoms with van der Waals surface area (Å²) in [5, 5.41) is 10.0. The zero-order valence-corrected chi connectivity index (χ0v) is 17.5. The summed E-state index contributed by atoms with van der Waals surface area (Å²) < 4.78 is 23.1. The highest BCUT2D eigenvalue weighted by atomic mass is 35.5. The first kappa shape index (κ1) is 18.7. The molecule has 0 aliphatic carbocycles. The Bertz CT molecular complexity index is 1110. The number of nitrogens with zero attached hydrogens (tertiary/aromatic N) is 3. The van der Waals surface area contributed by atoms with Crippen molar-refractivity contribution in [3.8, 4) is 16.5 Å². The summed E-state index contributed by atoms with van der Waals surface area (Å²) in [6.45, 7) is 1.94. The van der Waals surface area contributed by atoms with Crippen LogP contribution in [0.15, 0.2) is 29.5 Å². The van der Waals surface area contributed by atoms with Crippen molar-refractivity contribution in [2.24, 2.45) is 10.7 Å². The van der Waals surface area contributed by atoms with Crippen molar-refractivity contribution in [1.82, 2.24) is 4.98 Å². The number of thioether (sulfide) groups is 1. The molecule has 2 aromatic rings. The van der Waals surface area contributed by atoms with Crippen LogP contribution in [0.1, 0.15) is 23.8 Å². The molecule has 4 rings (SSSR count). The molecule has 2 aliphatic rings. The normalized spacial score (nSPS) is 25.4. The summed E-state index contributed by atoms with van der Waals surface area (Å²) in [5.74, 6) is 0.223. The first-order valence-electron chi connectivity index (χ1n) is 8.04. The lowest BCUT2D eigenvalue weighted by molar-refractivity contribution is 0.394. The molecule has 6 nitrogen and oxygen atoms in total. The molecule has 1 spiro atoms. The lowest BCUT2D eigenvalue weighted by Gasteiger charge is -2.47. The largest absolute Gasteiger partial charge is 0.378 e. The number of aromatic nitrogens is 1. The first-order chi connectivity index (χ1) is 12.6. The summed E-state index contributed by atoms with van der Waals surface area (Å²) in [7, 11) is -3.00. The van der Waals surface area contributed by atoms with Gasteiger partial charge in [0.05, 0.1) is 37.3 Å². The smallest absolute Gasteiger partial charge is 0.155 e. The second kappa shape index (κ2) is 6.21. The van der Waals surface area contributed by atoms with Gasteiger partial charge in [0.25, 0.3) is 0 Å². The van der Waals surface area contributed by atoms with Gasteiger partial charge in [-0.3, -0.25) is 9.98 Å². The maximum absolute atomic E-state index is 11.8. The third-order valence-electron chi connectivity index (χ3n) is 4.64. The molecule has 27 heavy (non-hydrogen) atoms. The van der Waals surface area contributed by atoms with Crippen LogP contribution in [-0.4, -0.2) is 34.8 Å². The standard InChI is InChI=1S/C17H15ClN4O2S3/c1-16(7-17(26-15(20)22-16)8-27(23,24)9-17)14-12(18)3-13(25-14)11-2-10(4-19)5-21-6-11/h2-3,5-6H,7-9H2,1H3,(H2,20,22). The van der Waals surface area contributed by atoms with E-state index in [0.717, 1.165) is 15.3 Å². The van der Waals surface area contributed by atoms with E-state index in [1.165, 1.54) is 29.3 Å². The Balaban J connectivity index is 1.74. The average molecular weight is 439 g/mol. The van der Waals surface area contributed by atoms with Crippen LogP contribution < -0.4 is 5.73 Å². The summed E-state index contributed by atoms with van der Waals surface area (Å²) in [5.41, 5.74) is 6.65. The Morgan fingerprint density at radius 2 is 2.07 bits per heavy atom. The highest BCUT2D eigenvalue weighted by Crippen LogP contribution is 2.53. The van der Waals surface area contributed by atoms with Crippen LogP contribution in [0.3, 0.4) is 0 Å². The van der Waals surface area contributed by atoms with Crippen LogP contribution in [0.4, 0.5) is 0 Å². The van der Waals surface area contributed by atoms with Crippen LogP contribution in [0, 0.1) is 11.3 Å². The van der Waals surface area contributed by atoms with Crippen molar-refractivity contribution < 1.29 is 8.42 Å². The number of thiophene rings is 1. The van der Waals surface area contributed by atoms with Gasteiger partial charge < -0.3 is 5.73 Å². The lowest BCUT2D eigenvalue weighted by atomic mass is 9.88. The molecule has 10 heteroatoms. The predicted molar refractivity (Wildman–Crippen MR) is 110 cm³/mol. The van der Waals surface area contributed by atoms with Gasteiger partial charge in [-0.05, 0) is 25.5 Å². The fourth-order valence-electron chi connectivity index (χ4n) is 3.76. The minimum Gasteiger partial charge on any atom is -0.378 e. The van der Waals surface area contributed by atoms with Crippen LogP contribution in [0.2, 0.25) is 5.02 Å². The molecule has 2 aromatic heterocycles. The number of aliphatic imine (C=N–C) groups is 1. The molecule has 0 radical (unpaired) electrons. The maximum atomic E-state index is 11.8. The fraction of sp³-hybridized carbons (Fsp3) is 0.353. The van der Waals surface area contributed by atoms with Crippen LogP contribution >= 0.6 is 34.7 Å². The van der Waals surface area contributed by atoms with E-state index in [1.54, 1.807) is 12.3 Å². The number of amidine groups is 1. The molecule has 1 atom stereocenters. The third-order valence-corrected chi connectivity index (χ3v) is 10.0. The molecule has 1 unspecified atom stereocenters. The van der Waals surface area contributed by atoms with E-state index >= 15 is 0 Å². The summed E-state index contributed by atoms with van der Waals surface area (Å²) in [6.07, 6.45) is 3.75. The highest BCUT2D eigenvalue weighted by Gasteiger charge is 2.56. The van der Waals surface area contributed by atoms with Crippen molar-refractivity contribution in [3.63, 3.8) is 0 Å². The molecule has 2 aliphatic heterocycles. The van der Waals surface area contributed by atoms with Crippen molar-refractivity contribution >= 4 is 49.7 Å². The Morgan fingerprint density at radius 3 is 2.74 bits per heavy atom. The average Bonchev–Trinajstić information content (AvgIpc) is 2.95. The Kier molecular flexibility index (Phi) is 4.31. The van der Waals surface area contributed by atoms with Crippen molar-refractivity contribution in [3.05, 3.63) is 40.0 Å². The van der Waals surface area contributed by atoms with E-state index in [1.807, 2.05) is 13.0 Å². The predicted octanol–water partition coefficient (Wildman–Crippen LogP) is 3.17. The molecule has 0 bridgehead atoms.